The minimum absolute atomic E-state index is 0.0971. The van der Waals surface area contributed by atoms with Crippen molar-refractivity contribution in [2.45, 2.75) is 25.0 Å². The van der Waals surface area contributed by atoms with E-state index in [1.807, 2.05) is 0 Å². The number of likely N-dealkylation sites (tertiary alicyclic amines) is 1. The van der Waals surface area contributed by atoms with Crippen molar-refractivity contribution in [1.82, 2.24) is 4.90 Å². The summed E-state index contributed by atoms with van der Waals surface area (Å²) < 4.78 is 5.16. The number of ether oxygens (including phenoxy) is 1. The van der Waals surface area contributed by atoms with Gasteiger partial charge in [0.05, 0.1) is 12.5 Å². The molecule has 1 aromatic carbocycles. The Balaban J connectivity index is 2.11. The number of halogens is 1. The lowest BCUT2D eigenvalue weighted by molar-refractivity contribution is -0.148. The maximum absolute atomic E-state index is 12.3. The van der Waals surface area contributed by atoms with Crippen LogP contribution in [-0.4, -0.2) is 47.7 Å². The normalized spacial score (nSPS) is 22.0. The van der Waals surface area contributed by atoms with Gasteiger partial charge in [-0.2, -0.15) is 0 Å². The highest BCUT2D eigenvalue weighted by Gasteiger charge is 2.39. The third-order valence-electron chi connectivity index (χ3n) is 3.50. The van der Waals surface area contributed by atoms with Gasteiger partial charge in [0, 0.05) is 25.1 Å². The summed E-state index contributed by atoms with van der Waals surface area (Å²) in [7, 11) is 1.52. The van der Waals surface area contributed by atoms with E-state index in [1.165, 1.54) is 12.0 Å². The molecule has 1 heterocycles. The monoisotopic (exact) mass is 297 g/mol. The molecule has 2 atom stereocenters. The van der Waals surface area contributed by atoms with E-state index in [9.17, 15) is 14.7 Å². The second-order valence-corrected chi connectivity index (χ2v) is 5.17. The SMILES string of the molecule is COC1CC(C(=O)O)N(C(=O)Cc2ccccc2Cl)C1. The Morgan fingerprint density at radius 2 is 2.15 bits per heavy atom. The van der Waals surface area contributed by atoms with Crippen molar-refractivity contribution in [2.75, 3.05) is 13.7 Å². The van der Waals surface area contributed by atoms with Crippen LogP contribution in [0, 0.1) is 0 Å². The highest BCUT2D eigenvalue weighted by Crippen LogP contribution is 2.23. The Morgan fingerprint density at radius 3 is 2.75 bits per heavy atom. The molecule has 1 saturated heterocycles. The molecule has 0 aromatic heterocycles. The van der Waals surface area contributed by atoms with E-state index in [0.29, 0.717) is 23.6 Å². The third-order valence-corrected chi connectivity index (χ3v) is 3.87. The lowest BCUT2D eigenvalue weighted by atomic mass is 10.1. The van der Waals surface area contributed by atoms with Gasteiger partial charge in [0.2, 0.25) is 5.91 Å². The molecule has 2 unspecified atom stereocenters. The number of carbonyl (C=O) groups excluding carboxylic acids is 1. The highest BCUT2D eigenvalue weighted by molar-refractivity contribution is 6.31. The Hall–Kier alpha value is -1.59. The maximum Gasteiger partial charge on any atom is 0.326 e. The van der Waals surface area contributed by atoms with Crippen LogP contribution in [0.4, 0.5) is 0 Å². The lowest BCUT2D eigenvalue weighted by Crippen LogP contribution is -2.41. The van der Waals surface area contributed by atoms with Gasteiger partial charge in [-0.1, -0.05) is 29.8 Å². The van der Waals surface area contributed by atoms with E-state index < -0.39 is 12.0 Å². The summed E-state index contributed by atoms with van der Waals surface area (Å²) in [4.78, 5) is 24.9. The standard InChI is InChI=1S/C14H16ClNO4/c1-20-10-7-12(14(18)19)16(8-10)13(17)6-9-4-2-3-5-11(9)15/h2-5,10,12H,6-8H2,1H3,(H,18,19). The van der Waals surface area contributed by atoms with Gasteiger partial charge in [-0.25, -0.2) is 4.79 Å². The number of nitrogens with zero attached hydrogens (tertiary/aromatic N) is 1. The van der Waals surface area contributed by atoms with E-state index >= 15 is 0 Å². The molecule has 108 valence electrons. The first kappa shape index (κ1) is 14.8. The molecule has 1 fully saturated rings. The van der Waals surface area contributed by atoms with Gasteiger partial charge in [0.15, 0.2) is 0 Å². The number of carboxylic acid groups (broad SMARTS) is 1. The molecular weight excluding hydrogens is 282 g/mol. The number of benzene rings is 1. The predicted molar refractivity (Wildman–Crippen MR) is 73.7 cm³/mol. The number of aliphatic carboxylic acids is 1. The quantitative estimate of drug-likeness (QED) is 0.916. The average molecular weight is 298 g/mol. The summed E-state index contributed by atoms with van der Waals surface area (Å²) in [6.07, 6.45) is 0.186. The summed E-state index contributed by atoms with van der Waals surface area (Å²) in [5.74, 6) is -1.25. The fraction of sp³-hybridized carbons (Fsp3) is 0.429. The number of carbonyl (C=O) groups is 2. The van der Waals surface area contributed by atoms with Crippen LogP contribution in [-0.2, 0) is 20.7 Å². The van der Waals surface area contributed by atoms with Crippen molar-refractivity contribution in [2.24, 2.45) is 0 Å². The number of hydrogen-bond acceptors (Lipinski definition) is 3. The number of methoxy groups -OCH3 is 1. The first-order chi connectivity index (χ1) is 9.52. The maximum atomic E-state index is 12.3. The largest absolute Gasteiger partial charge is 0.480 e. The molecule has 5 nitrogen and oxygen atoms in total. The molecule has 0 spiro atoms. The molecule has 1 aliphatic rings. The first-order valence-electron chi connectivity index (χ1n) is 6.31. The van der Waals surface area contributed by atoms with Crippen molar-refractivity contribution in [1.29, 1.82) is 0 Å². The zero-order chi connectivity index (χ0) is 14.7. The molecule has 0 radical (unpaired) electrons. The van der Waals surface area contributed by atoms with Gasteiger partial charge in [0.25, 0.3) is 0 Å². The summed E-state index contributed by atoms with van der Waals surface area (Å²) in [6.45, 7) is 0.302. The number of carboxylic acids is 1. The van der Waals surface area contributed by atoms with Crippen molar-refractivity contribution in [3.05, 3.63) is 34.9 Å². The van der Waals surface area contributed by atoms with Crippen LogP contribution < -0.4 is 0 Å². The van der Waals surface area contributed by atoms with Gasteiger partial charge < -0.3 is 14.7 Å². The second kappa shape index (κ2) is 6.24. The summed E-state index contributed by atoms with van der Waals surface area (Å²) in [6, 6.07) is 6.23. The molecule has 6 heteroatoms. The van der Waals surface area contributed by atoms with Crippen molar-refractivity contribution < 1.29 is 19.4 Å². The van der Waals surface area contributed by atoms with Crippen LogP contribution in [0.15, 0.2) is 24.3 Å². The minimum atomic E-state index is -1.00. The Bertz CT molecular complexity index is 520. The smallest absolute Gasteiger partial charge is 0.326 e. The van der Waals surface area contributed by atoms with Gasteiger partial charge in [-0.3, -0.25) is 4.79 Å². The van der Waals surface area contributed by atoms with Crippen LogP contribution >= 0.6 is 11.6 Å². The number of rotatable bonds is 4. The molecule has 1 amide bonds. The van der Waals surface area contributed by atoms with Crippen molar-refractivity contribution >= 4 is 23.5 Å². The molecule has 1 aliphatic heterocycles. The highest BCUT2D eigenvalue weighted by atomic mass is 35.5. The van der Waals surface area contributed by atoms with Gasteiger partial charge in [-0.15, -0.1) is 0 Å². The molecule has 0 saturated carbocycles. The van der Waals surface area contributed by atoms with Crippen molar-refractivity contribution in [3.8, 4) is 0 Å². The van der Waals surface area contributed by atoms with Gasteiger partial charge in [0.1, 0.15) is 6.04 Å². The molecule has 2 rings (SSSR count). The first-order valence-corrected chi connectivity index (χ1v) is 6.69. The van der Waals surface area contributed by atoms with Crippen LogP contribution in [0.5, 0.6) is 0 Å². The molecule has 0 aliphatic carbocycles. The van der Waals surface area contributed by atoms with Crippen molar-refractivity contribution in [3.63, 3.8) is 0 Å². The summed E-state index contributed by atoms with van der Waals surface area (Å²) in [5, 5.41) is 9.70. The number of hydrogen-bond donors (Lipinski definition) is 1. The summed E-state index contributed by atoms with van der Waals surface area (Å²) >= 11 is 6.02. The molecule has 20 heavy (non-hydrogen) atoms. The van der Waals surface area contributed by atoms with Crippen LogP contribution in [0.2, 0.25) is 5.02 Å². The van der Waals surface area contributed by atoms with Gasteiger partial charge >= 0.3 is 5.97 Å². The van der Waals surface area contributed by atoms with E-state index in [4.69, 9.17) is 16.3 Å². The predicted octanol–water partition coefficient (Wildman–Crippen LogP) is 1.58. The van der Waals surface area contributed by atoms with E-state index in [2.05, 4.69) is 0 Å². The van der Waals surface area contributed by atoms with Crippen LogP contribution in [0.25, 0.3) is 0 Å². The van der Waals surface area contributed by atoms with E-state index in [1.54, 1.807) is 24.3 Å². The van der Waals surface area contributed by atoms with Gasteiger partial charge in [-0.05, 0) is 11.6 Å². The zero-order valence-corrected chi connectivity index (χ0v) is 11.8. The number of amides is 1. The van der Waals surface area contributed by atoms with E-state index in [-0.39, 0.29) is 18.4 Å². The van der Waals surface area contributed by atoms with Crippen LogP contribution in [0.3, 0.4) is 0 Å². The lowest BCUT2D eigenvalue weighted by Gasteiger charge is -2.21. The molecule has 1 aromatic rings. The zero-order valence-electron chi connectivity index (χ0n) is 11.1. The van der Waals surface area contributed by atoms with E-state index in [0.717, 1.165) is 0 Å². The molecular formula is C14H16ClNO4. The molecule has 1 N–H and O–H groups in total. The fourth-order valence-electron chi connectivity index (χ4n) is 2.38. The molecule has 0 bridgehead atoms. The Labute approximate surface area is 122 Å². The third kappa shape index (κ3) is 3.11. The minimum Gasteiger partial charge on any atom is -0.480 e. The Kier molecular flexibility index (Phi) is 4.62. The average Bonchev–Trinajstić information content (AvgIpc) is 2.86. The second-order valence-electron chi connectivity index (χ2n) is 4.76. The Morgan fingerprint density at radius 1 is 1.45 bits per heavy atom. The fourth-order valence-corrected chi connectivity index (χ4v) is 2.59. The van der Waals surface area contributed by atoms with Crippen LogP contribution in [0.1, 0.15) is 12.0 Å². The summed E-state index contributed by atoms with van der Waals surface area (Å²) in [5.41, 5.74) is 0.698. The topological polar surface area (TPSA) is 66.8 Å².